The van der Waals surface area contributed by atoms with Gasteiger partial charge in [0.1, 0.15) is 0 Å². The molecule has 1 aromatic heterocycles. The molecule has 0 aliphatic carbocycles. The molecule has 0 bridgehead atoms. The SMILES string of the molecule is CCC(C(=N)C=O)c1ccncc1. The van der Waals surface area contributed by atoms with Crippen LogP contribution >= 0.6 is 0 Å². The van der Waals surface area contributed by atoms with Gasteiger partial charge >= 0.3 is 0 Å². The van der Waals surface area contributed by atoms with Gasteiger partial charge in [0.25, 0.3) is 0 Å². The van der Waals surface area contributed by atoms with Gasteiger partial charge in [-0.3, -0.25) is 9.78 Å². The molecule has 0 saturated carbocycles. The summed E-state index contributed by atoms with van der Waals surface area (Å²) in [7, 11) is 0. The van der Waals surface area contributed by atoms with Gasteiger partial charge in [0.2, 0.25) is 0 Å². The van der Waals surface area contributed by atoms with Crippen molar-refractivity contribution in [1.82, 2.24) is 4.98 Å². The Morgan fingerprint density at radius 3 is 2.69 bits per heavy atom. The standard InChI is InChI=1S/C10H12N2O/c1-2-9(10(11)7-13)8-3-5-12-6-4-8/h3-7,9,11H,2H2,1H3. The number of aromatic nitrogens is 1. The first kappa shape index (κ1) is 9.58. The van der Waals surface area contributed by atoms with Crippen molar-refractivity contribution in [2.24, 2.45) is 0 Å². The van der Waals surface area contributed by atoms with Gasteiger partial charge in [-0.2, -0.15) is 0 Å². The van der Waals surface area contributed by atoms with Crippen LogP contribution in [0.4, 0.5) is 0 Å². The number of nitrogens with one attached hydrogen (secondary N) is 1. The van der Waals surface area contributed by atoms with Crippen LogP contribution in [0, 0.1) is 5.41 Å². The van der Waals surface area contributed by atoms with Gasteiger partial charge in [0, 0.05) is 18.3 Å². The van der Waals surface area contributed by atoms with Crippen LogP contribution in [0.15, 0.2) is 24.5 Å². The molecule has 0 radical (unpaired) electrons. The minimum atomic E-state index is -0.0829. The highest BCUT2D eigenvalue weighted by Gasteiger charge is 2.13. The van der Waals surface area contributed by atoms with Crippen molar-refractivity contribution in [3.8, 4) is 0 Å². The van der Waals surface area contributed by atoms with Crippen molar-refractivity contribution in [2.45, 2.75) is 19.3 Å². The highest BCUT2D eigenvalue weighted by molar-refractivity contribution is 6.29. The molecule has 1 unspecified atom stereocenters. The molecule has 3 heteroatoms. The smallest absolute Gasteiger partial charge is 0.164 e. The molecule has 0 amide bonds. The van der Waals surface area contributed by atoms with Gasteiger partial charge in [0.15, 0.2) is 6.29 Å². The number of hydrogen-bond acceptors (Lipinski definition) is 3. The third-order valence-electron chi connectivity index (χ3n) is 2.02. The Morgan fingerprint density at radius 1 is 1.62 bits per heavy atom. The Balaban J connectivity index is 2.91. The highest BCUT2D eigenvalue weighted by atomic mass is 16.1. The number of hydrogen-bond donors (Lipinski definition) is 1. The number of nitrogens with zero attached hydrogens (tertiary/aromatic N) is 1. The zero-order valence-corrected chi connectivity index (χ0v) is 7.53. The predicted octanol–water partition coefficient (Wildman–Crippen LogP) is 1.79. The third-order valence-corrected chi connectivity index (χ3v) is 2.02. The third kappa shape index (κ3) is 2.21. The maximum Gasteiger partial charge on any atom is 0.164 e. The molecule has 0 aliphatic heterocycles. The van der Waals surface area contributed by atoms with Crippen molar-refractivity contribution in [3.63, 3.8) is 0 Å². The summed E-state index contributed by atoms with van der Waals surface area (Å²) in [6, 6.07) is 3.68. The van der Waals surface area contributed by atoms with Crippen molar-refractivity contribution in [3.05, 3.63) is 30.1 Å². The number of carbonyl (C=O) groups excluding carboxylic acids is 1. The van der Waals surface area contributed by atoms with Crippen LogP contribution in [-0.4, -0.2) is 17.0 Å². The van der Waals surface area contributed by atoms with Crippen molar-refractivity contribution in [2.75, 3.05) is 0 Å². The first-order chi connectivity index (χ1) is 6.29. The second-order valence-electron chi connectivity index (χ2n) is 2.81. The summed E-state index contributed by atoms with van der Waals surface area (Å²) in [5, 5.41) is 7.44. The van der Waals surface area contributed by atoms with E-state index in [-0.39, 0.29) is 11.6 Å². The summed E-state index contributed by atoms with van der Waals surface area (Å²) in [4.78, 5) is 14.3. The van der Waals surface area contributed by atoms with Crippen LogP contribution < -0.4 is 0 Å². The van der Waals surface area contributed by atoms with Crippen LogP contribution in [-0.2, 0) is 4.79 Å². The fraction of sp³-hybridized carbons (Fsp3) is 0.300. The Bertz CT molecular complexity index is 295. The molecule has 3 nitrogen and oxygen atoms in total. The van der Waals surface area contributed by atoms with Gasteiger partial charge in [0.05, 0.1) is 5.71 Å². The lowest BCUT2D eigenvalue weighted by atomic mass is 9.93. The molecule has 0 spiro atoms. The fourth-order valence-corrected chi connectivity index (χ4v) is 1.31. The second-order valence-corrected chi connectivity index (χ2v) is 2.81. The summed E-state index contributed by atoms with van der Waals surface area (Å²) in [6.07, 6.45) is 4.72. The minimum Gasteiger partial charge on any atom is -0.301 e. The lowest BCUT2D eigenvalue weighted by Gasteiger charge is -2.11. The highest BCUT2D eigenvalue weighted by Crippen LogP contribution is 2.18. The quantitative estimate of drug-likeness (QED) is 0.561. The number of aldehydes is 1. The van der Waals surface area contributed by atoms with Crippen molar-refractivity contribution >= 4 is 12.0 Å². The van der Waals surface area contributed by atoms with E-state index in [1.807, 2.05) is 19.1 Å². The summed E-state index contributed by atoms with van der Waals surface area (Å²) < 4.78 is 0. The minimum absolute atomic E-state index is 0.0829. The molecular weight excluding hydrogens is 164 g/mol. The average molecular weight is 176 g/mol. The first-order valence-electron chi connectivity index (χ1n) is 4.23. The average Bonchev–Trinajstić information content (AvgIpc) is 2.20. The van der Waals surface area contributed by atoms with E-state index in [9.17, 15) is 4.79 Å². The molecular formula is C10H12N2O. The lowest BCUT2D eigenvalue weighted by Crippen LogP contribution is -2.11. The summed E-state index contributed by atoms with van der Waals surface area (Å²) in [5.74, 6) is -0.0829. The molecule has 0 saturated heterocycles. The van der Waals surface area contributed by atoms with Crippen LogP contribution in [0.5, 0.6) is 0 Å². The maximum atomic E-state index is 10.4. The topological polar surface area (TPSA) is 53.8 Å². The molecule has 0 aromatic carbocycles. The van der Waals surface area contributed by atoms with E-state index in [4.69, 9.17) is 5.41 Å². The zero-order chi connectivity index (χ0) is 9.68. The van der Waals surface area contributed by atoms with Crippen molar-refractivity contribution < 1.29 is 4.79 Å². The van der Waals surface area contributed by atoms with Gasteiger partial charge in [-0.25, -0.2) is 0 Å². The van der Waals surface area contributed by atoms with Crippen LogP contribution in [0.25, 0.3) is 0 Å². The molecule has 0 fully saturated rings. The Kier molecular flexibility index (Phi) is 3.31. The van der Waals surface area contributed by atoms with Gasteiger partial charge < -0.3 is 5.41 Å². The Labute approximate surface area is 77.3 Å². The van der Waals surface area contributed by atoms with E-state index < -0.39 is 0 Å². The van der Waals surface area contributed by atoms with E-state index in [1.165, 1.54) is 0 Å². The predicted molar refractivity (Wildman–Crippen MR) is 51.1 cm³/mol. The number of carbonyl (C=O) groups is 1. The van der Waals surface area contributed by atoms with E-state index >= 15 is 0 Å². The molecule has 1 heterocycles. The Morgan fingerprint density at radius 2 is 2.23 bits per heavy atom. The van der Waals surface area contributed by atoms with Crippen molar-refractivity contribution in [1.29, 1.82) is 5.41 Å². The second kappa shape index (κ2) is 4.50. The Hall–Kier alpha value is -1.51. The van der Waals surface area contributed by atoms with E-state index in [0.717, 1.165) is 12.0 Å². The van der Waals surface area contributed by atoms with Gasteiger partial charge in [-0.15, -0.1) is 0 Å². The number of rotatable bonds is 4. The molecule has 68 valence electrons. The van der Waals surface area contributed by atoms with E-state index in [2.05, 4.69) is 4.98 Å². The van der Waals surface area contributed by atoms with E-state index in [1.54, 1.807) is 12.4 Å². The lowest BCUT2D eigenvalue weighted by molar-refractivity contribution is -0.102. The first-order valence-corrected chi connectivity index (χ1v) is 4.23. The molecule has 1 aromatic rings. The zero-order valence-electron chi connectivity index (χ0n) is 7.53. The molecule has 0 aliphatic rings. The maximum absolute atomic E-state index is 10.4. The molecule has 1 rings (SSSR count). The fourth-order valence-electron chi connectivity index (χ4n) is 1.31. The largest absolute Gasteiger partial charge is 0.301 e. The summed E-state index contributed by atoms with van der Waals surface area (Å²) in [5.41, 5.74) is 1.11. The van der Waals surface area contributed by atoms with Crippen LogP contribution in [0.1, 0.15) is 24.8 Å². The monoisotopic (exact) mass is 176 g/mol. The van der Waals surface area contributed by atoms with Gasteiger partial charge in [-0.05, 0) is 24.1 Å². The van der Waals surface area contributed by atoms with Crippen LogP contribution in [0.3, 0.4) is 0 Å². The van der Waals surface area contributed by atoms with Gasteiger partial charge in [-0.1, -0.05) is 6.92 Å². The summed E-state index contributed by atoms with van der Waals surface area (Å²) in [6.45, 7) is 1.96. The van der Waals surface area contributed by atoms with Crippen LogP contribution in [0.2, 0.25) is 0 Å². The molecule has 13 heavy (non-hydrogen) atoms. The number of pyridine rings is 1. The normalized spacial score (nSPS) is 12.1. The summed E-state index contributed by atoms with van der Waals surface area (Å²) >= 11 is 0. The molecule has 1 atom stereocenters. The van der Waals surface area contributed by atoms with E-state index in [0.29, 0.717) is 6.29 Å². The molecule has 1 N–H and O–H groups in total.